The van der Waals surface area contributed by atoms with Crippen LogP contribution in [0, 0.1) is 11.6 Å². The first-order valence-corrected chi connectivity index (χ1v) is 6.51. The highest BCUT2D eigenvalue weighted by Crippen LogP contribution is 2.41. The summed E-state index contributed by atoms with van der Waals surface area (Å²) in [7, 11) is 0. The van der Waals surface area contributed by atoms with Gasteiger partial charge in [0.05, 0.1) is 5.69 Å². The first-order chi connectivity index (χ1) is 9.25. The summed E-state index contributed by atoms with van der Waals surface area (Å²) in [6.07, 6.45) is 2.46. The zero-order valence-corrected chi connectivity index (χ0v) is 10.5. The Kier molecular flexibility index (Phi) is 3.20. The number of anilines is 1. The molecule has 0 aromatic heterocycles. The molecule has 3 rings (SSSR count). The van der Waals surface area contributed by atoms with E-state index < -0.39 is 11.6 Å². The molecular weight excluding hydrogens is 244 g/mol. The van der Waals surface area contributed by atoms with Crippen LogP contribution in [0.2, 0.25) is 0 Å². The molecule has 0 spiro atoms. The zero-order valence-electron chi connectivity index (χ0n) is 10.5. The molecule has 1 nitrogen and oxygen atoms in total. The quantitative estimate of drug-likeness (QED) is 0.855. The van der Waals surface area contributed by atoms with Crippen molar-refractivity contribution in [1.29, 1.82) is 0 Å². The van der Waals surface area contributed by atoms with Crippen molar-refractivity contribution in [3.8, 4) is 0 Å². The third kappa shape index (κ3) is 2.60. The van der Waals surface area contributed by atoms with Crippen LogP contribution >= 0.6 is 0 Å². The van der Waals surface area contributed by atoms with Gasteiger partial charge in [-0.05, 0) is 42.0 Å². The average molecular weight is 259 g/mol. The highest BCUT2D eigenvalue weighted by atomic mass is 19.2. The van der Waals surface area contributed by atoms with Crippen molar-refractivity contribution in [2.45, 2.75) is 25.3 Å². The fourth-order valence-corrected chi connectivity index (χ4v) is 2.32. The van der Waals surface area contributed by atoms with Crippen LogP contribution in [0.4, 0.5) is 14.5 Å². The third-order valence-corrected chi connectivity index (χ3v) is 3.49. The molecule has 1 aliphatic rings. The normalized spacial score (nSPS) is 14.4. The summed E-state index contributed by atoms with van der Waals surface area (Å²) in [5.74, 6) is -0.984. The standard InChI is InChI=1S/C16H15F2N/c17-14-6-3-7-15(16(14)18)19-10-12-4-1-2-5-13(12)11-8-9-11/h1-7,11,19H,8-10H2. The van der Waals surface area contributed by atoms with Crippen LogP contribution in [0.5, 0.6) is 0 Å². The van der Waals surface area contributed by atoms with Crippen LogP contribution in [0.1, 0.15) is 29.9 Å². The molecule has 0 heterocycles. The van der Waals surface area contributed by atoms with Crippen molar-refractivity contribution in [2.24, 2.45) is 0 Å². The van der Waals surface area contributed by atoms with E-state index in [2.05, 4.69) is 11.4 Å². The van der Waals surface area contributed by atoms with Crippen molar-refractivity contribution >= 4 is 5.69 Å². The minimum Gasteiger partial charge on any atom is -0.379 e. The Hall–Kier alpha value is -1.90. The number of benzene rings is 2. The van der Waals surface area contributed by atoms with Crippen LogP contribution in [0.25, 0.3) is 0 Å². The maximum Gasteiger partial charge on any atom is 0.181 e. The number of rotatable bonds is 4. The summed E-state index contributed by atoms with van der Waals surface area (Å²) >= 11 is 0. The molecule has 2 aromatic rings. The summed E-state index contributed by atoms with van der Waals surface area (Å²) in [6.45, 7) is 0.521. The lowest BCUT2D eigenvalue weighted by Crippen LogP contribution is -2.04. The topological polar surface area (TPSA) is 12.0 Å². The molecule has 0 radical (unpaired) electrons. The predicted molar refractivity (Wildman–Crippen MR) is 72.1 cm³/mol. The Morgan fingerprint density at radius 1 is 1.00 bits per heavy atom. The largest absolute Gasteiger partial charge is 0.379 e. The average Bonchev–Trinajstić information content (AvgIpc) is 3.25. The van der Waals surface area contributed by atoms with E-state index in [9.17, 15) is 8.78 Å². The van der Waals surface area contributed by atoms with Crippen molar-refractivity contribution in [3.63, 3.8) is 0 Å². The van der Waals surface area contributed by atoms with Gasteiger partial charge in [-0.2, -0.15) is 0 Å². The molecule has 1 N–H and O–H groups in total. The molecule has 0 amide bonds. The third-order valence-electron chi connectivity index (χ3n) is 3.49. The minimum atomic E-state index is -0.819. The summed E-state index contributed by atoms with van der Waals surface area (Å²) in [6, 6.07) is 12.4. The molecule has 0 aliphatic heterocycles. The Balaban J connectivity index is 1.77. The second kappa shape index (κ2) is 5.00. The van der Waals surface area contributed by atoms with E-state index in [1.165, 1.54) is 24.5 Å². The molecule has 98 valence electrons. The van der Waals surface area contributed by atoms with E-state index in [1.54, 1.807) is 6.07 Å². The fraction of sp³-hybridized carbons (Fsp3) is 0.250. The van der Waals surface area contributed by atoms with Gasteiger partial charge in [-0.3, -0.25) is 0 Å². The molecule has 1 saturated carbocycles. The molecule has 19 heavy (non-hydrogen) atoms. The van der Waals surface area contributed by atoms with E-state index in [-0.39, 0.29) is 5.69 Å². The van der Waals surface area contributed by atoms with Gasteiger partial charge >= 0.3 is 0 Å². The molecule has 1 fully saturated rings. The van der Waals surface area contributed by atoms with E-state index in [0.29, 0.717) is 12.5 Å². The summed E-state index contributed by atoms with van der Waals surface area (Å²) < 4.78 is 26.6. The smallest absolute Gasteiger partial charge is 0.181 e. The van der Waals surface area contributed by atoms with Crippen LogP contribution in [0.3, 0.4) is 0 Å². The van der Waals surface area contributed by atoms with Crippen molar-refractivity contribution in [3.05, 3.63) is 65.2 Å². The second-order valence-electron chi connectivity index (χ2n) is 4.93. The van der Waals surface area contributed by atoms with Crippen LogP contribution in [0.15, 0.2) is 42.5 Å². The SMILES string of the molecule is Fc1cccc(NCc2ccccc2C2CC2)c1F. The minimum absolute atomic E-state index is 0.214. The summed E-state index contributed by atoms with van der Waals surface area (Å²) in [4.78, 5) is 0. The van der Waals surface area contributed by atoms with Crippen LogP contribution in [-0.4, -0.2) is 0 Å². The number of hydrogen-bond acceptors (Lipinski definition) is 1. The van der Waals surface area contributed by atoms with Gasteiger partial charge in [0.1, 0.15) is 0 Å². The van der Waals surface area contributed by atoms with Gasteiger partial charge in [0, 0.05) is 6.54 Å². The van der Waals surface area contributed by atoms with Gasteiger partial charge < -0.3 is 5.32 Å². The van der Waals surface area contributed by atoms with Gasteiger partial charge in [0.25, 0.3) is 0 Å². The second-order valence-corrected chi connectivity index (χ2v) is 4.93. The zero-order chi connectivity index (χ0) is 13.2. The van der Waals surface area contributed by atoms with E-state index in [4.69, 9.17) is 0 Å². The Morgan fingerprint density at radius 2 is 1.79 bits per heavy atom. The summed E-state index contributed by atoms with van der Waals surface area (Å²) in [5.41, 5.74) is 2.70. The van der Waals surface area contributed by atoms with Gasteiger partial charge in [0.15, 0.2) is 11.6 Å². The number of halogens is 2. The van der Waals surface area contributed by atoms with Crippen molar-refractivity contribution in [2.75, 3.05) is 5.32 Å². The van der Waals surface area contributed by atoms with Crippen molar-refractivity contribution < 1.29 is 8.78 Å². The molecule has 0 atom stereocenters. The van der Waals surface area contributed by atoms with E-state index in [1.807, 2.05) is 18.2 Å². The predicted octanol–water partition coefficient (Wildman–Crippen LogP) is 4.45. The fourth-order valence-electron chi connectivity index (χ4n) is 2.32. The van der Waals surface area contributed by atoms with Gasteiger partial charge in [-0.15, -0.1) is 0 Å². The van der Waals surface area contributed by atoms with Gasteiger partial charge in [-0.1, -0.05) is 30.3 Å². The summed E-state index contributed by atoms with van der Waals surface area (Å²) in [5, 5.41) is 2.98. The Labute approximate surface area is 111 Å². The molecule has 0 unspecified atom stereocenters. The van der Waals surface area contributed by atoms with Crippen LogP contribution in [-0.2, 0) is 6.54 Å². The lowest BCUT2D eigenvalue weighted by atomic mass is 10.0. The Morgan fingerprint density at radius 3 is 2.58 bits per heavy atom. The highest BCUT2D eigenvalue weighted by Gasteiger charge is 2.25. The van der Waals surface area contributed by atoms with E-state index >= 15 is 0 Å². The van der Waals surface area contributed by atoms with Gasteiger partial charge in [-0.25, -0.2) is 8.78 Å². The first-order valence-electron chi connectivity index (χ1n) is 6.51. The number of nitrogens with one attached hydrogen (secondary N) is 1. The van der Waals surface area contributed by atoms with Crippen molar-refractivity contribution in [1.82, 2.24) is 0 Å². The molecule has 3 heteroatoms. The lowest BCUT2D eigenvalue weighted by Gasteiger charge is -2.11. The first kappa shape index (κ1) is 12.2. The molecule has 1 aliphatic carbocycles. The molecule has 0 saturated heterocycles. The maximum atomic E-state index is 13.5. The highest BCUT2D eigenvalue weighted by molar-refractivity contribution is 5.46. The van der Waals surface area contributed by atoms with Gasteiger partial charge in [0.2, 0.25) is 0 Å². The Bertz CT molecular complexity index is 591. The number of hydrogen-bond donors (Lipinski definition) is 1. The molecular formula is C16H15F2N. The monoisotopic (exact) mass is 259 g/mol. The lowest BCUT2D eigenvalue weighted by molar-refractivity contribution is 0.511. The van der Waals surface area contributed by atoms with Crippen LogP contribution < -0.4 is 5.32 Å². The molecule has 0 bridgehead atoms. The maximum absolute atomic E-state index is 13.5. The molecule has 2 aromatic carbocycles. The van der Waals surface area contributed by atoms with E-state index in [0.717, 1.165) is 11.6 Å².